The molecule has 0 amide bonds. The summed E-state index contributed by atoms with van der Waals surface area (Å²) >= 11 is 0. The Morgan fingerprint density at radius 1 is 1.42 bits per heavy atom. The average molecular weight is 259 g/mol. The standard InChI is InChI=1S/C13H13N3O3/c1-7-11(13(18)19-2)12-14-6-8-9(16(12)15-7)4-3-5-10(8)17/h6H,3-5H2,1-2H3. The Bertz CT molecular complexity index is 703. The largest absolute Gasteiger partial charge is 0.465 e. The second kappa shape index (κ2) is 4.15. The quantitative estimate of drug-likeness (QED) is 0.722. The van der Waals surface area contributed by atoms with Crippen molar-refractivity contribution in [2.45, 2.75) is 26.2 Å². The molecule has 6 nitrogen and oxygen atoms in total. The topological polar surface area (TPSA) is 73.6 Å². The average Bonchev–Trinajstić information content (AvgIpc) is 2.75. The Balaban J connectivity index is 2.32. The maximum absolute atomic E-state index is 11.8. The summed E-state index contributed by atoms with van der Waals surface area (Å²) in [7, 11) is 1.33. The normalized spacial score (nSPS) is 14.5. The molecule has 98 valence electrons. The van der Waals surface area contributed by atoms with Gasteiger partial charge in [-0.15, -0.1) is 0 Å². The van der Waals surface area contributed by atoms with E-state index >= 15 is 0 Å². The molecule has 2 aromatic rings. The highest BCUT2D eigenvalue weighted by Gasteiger charge is 2.25. The van der Waals surface area contributed by atoms with E-state index in [0.29, 0.717) is 28.9 Å². The van der Waals surface area contributed by atoms with Crippen LogP contribution in [-0.4, -0.2) is 33.5 Å². The Kier molecular flexibility index (Phi) is 2.58. The van der Waals surface area contributed by atoms with Gasteiger partial charge in [0, 0.05) is 12.6 Å². The summed E-state index contributed by atoms with van der Waals surface area (Å²) in [6.45, 7) is 1.73. The van der Waals surface area contributed by atoms with E-state index in [1.54, 1.807) is 17.6 Å². The molecule has 0 unspecified atom stereocenters. The highest BCUT2D eigenvalue weighted by Crippen LogP contribution is 2.24. The van der Waals surface area contributed by atoms with Crippen LogP contribution < -0.4 is 0 Å². The number of methoxy groups -OCH3 is 1. The van der Waals surface area contributed by atoms with Crippen molar-refractivity contribution in [2.24, 2.45) is 0 Å². The van der Waals surface area contributed by atoms with Gasteiger partial charge in [0.15, 0.2) is 11.4 Å². The fourth-order valence-electron chi connectivity index (χ4n) is 2.50. The van der Waals surface area contributed by atoms with Gasteiger partial charge in [0.1, 0.15) is 5.56 Å². The van der Waals surface area contributed by atoms with Gasteiger partial charge in [0.2, 0.25) is 0 Å². The first-order valence-electron chi connectivity index (χ1n) is 6.12. The minimum Gasteiger partial charge on any atom is -0.465 e. The van der Waals surface area contributed by atoms with E-state index in [-0.39, 0.29) is 5.78 Å². The molecule has 1 aliphatic carbocycles. The van der Waals surface area contributed by atoms with Gasteiger partial charge in [-0.25, -0.2) is 14.3 Å². The first-order valence-corrected chi connectivity index (χ1v) is 6.12. The molecular weight excluding hydrogens is 246 g/mol. The van der Waals surface area contributed by atoms with E-state index in [0.717, 1.165) is 18.5 Å². The molecule has 2 heterocycles. The third-order valence-electron chi connectivity index (χ3n) is 3.43. The molecular formula is C13H13N3O3. The van der Waals surface area contributed by atoms with E-state index < -0.39 is 5.97 Å². The van der Waals surface area contributed by atoms with Gasteiger partial charge in [0.25, 0.3) is 0 Å². The smallest absolute Gasteiger partial charge is 0.343 e. The first kappa shape index (κ1) is 11.8. The zero-order valence-electron chi connectivity index (χ0n) is 10.8. The van der Waals surface area contributed by atoms with Crippen molar-refractivity contribution in [3.05, 3.63) is 28.7 Å². The van der Waals surface area contributed by atoms with E-state index in [1.807, 2.05) is 0 Å². The van der Waals surface area contributed by atoms with Gasteiger partial charge in [-0.1, -0.05) is 0 Å². The fraction of sp³-hybridized carbons (Fsp3) is 0.385. The lowest BCUT2D eigenvalue weighted by Gasteiger charge is -2.14. The number of hydrogen-bond donors (Lipinski definition) is 0. The summed E-state index contributed by atoms with van der Waals surface area (Å²) in [5.41, 5.74) is 2.82. The minimum atomic E-state index is -0.456. The lowest BCUT2D eigenvalue weighted by Crippen LogP contribution is -2.16. The molecule has 0 saturated carbocycles. The lowest BCUT2D eigenvalue weighted by molar-refractivity contribution is 0.0602. The molecule has 0 N–H and O–H groups in total. The third kappa shape index (κ3) is 1.63. The number of ether oxygens (including phenoxy) is 1. The van der Waals surface area contributed by atoms with Crippen LogP contribution in [0, 0.1) is 6.92 Å². The molecule has 0 spiro atoms. The monoisotopic (exact) mass is 259 g/mol. The van der Waals surface area contributed by atoms with Crippen molar-refractivity contribution in [3.8, 4) is 0 Å². The van der Waals surface area contributed by atoms with Crippen LogP contribution in [0.2, 0.25) is 0 Å². The highest BCUT2D eigenvalue weighted by atomic mass is 16.5. The second-order valence-electron chi connectivity index (χ2n) is 4.58. The number of rotatable bonds is 1. The number of Topliss-reactive ketones (excluding diaryl/α,β-unsaturated/α-hetero) is 1. The Morgan fingerprint density at radius 2 is 2.21 bits per heavy atom. The summed E-state index contributed by atoms with van der Waals surface area (Å²) in [4.78, 5) is 27.8. The molecule has 2 aromatic heterocycles. The van der Waals surface area contributed by atoms with Gasteiger partial charge in [-0.05, 0) is 19.8 Å². The molecule has 0 atom stereocenters. The number of ketones is 1. The third-order valence-corrected chi connectivity index (χ3v) is 3.43. The maximum atomic E-state index is 11.8. The number of fused-ring (bicyclic) bond motifs is 3. The first-order chi connectivity index (χ1) is 9.13. The van der Waals surface area contributed by atoms with E-state index in [9.17, 15) is 9.59 Å². The molecule has 0 radical (unpaired) electrons. The van der Waals surface area contributed by atoms with Gasteiger partial charge in [0.05, 0.1) is 24.1 Å². The van der Waals surface area contributed by atoms with Crippen molar-refractivity contribution in [1.82, 2.24) is 14.6 Å². The number of aryl methyl sites for hydroxylation is 2. The highest BCUT2D eigenvalue weighted by molar-refractivity contribution is 6.00. The van der Waals surface area contributed by atoms with Gasteiger partial charge >= 0.3 is 5.97 Å². The Morgan fingerprint density at radius 3 is 2.95 bits per heavy atom. The van der Waals surface area contributed by atoms with Crippen LogP contribution in [0.1, 0.15) is 44.9 Å². The minimum absolute atomic E-state index is 0.0865. The Labute approximate surface area is 109 Å². The second-order valence-corrected chi connectivity index (χ2v) is 4.58. The molecule has 0 aromatic carbocycles. The van der Waals surface area contributed by atoms with Crippen LogP contribution >= 0.6 is 0 Å². The van der Waals surface area contributed by atoms with E-state index in [2.05, 4.69) is 10.1 Å². The number of carbonyl (C=O) groups excluding carboxylic acids is 2. The van der Waals surface area contributed by atoms with Crippen molar-refractivity contribution in [2.75, 3.05) is 7.11 Å². The zero-order valence-corrected chi connectivity index (χ0v) is 10.8. The molecule has 6 heteroatoms. The Hall–Kier alpha value is -2.24. The van der Waals surface area contributed by atoms with Gasteiger partial charge in [-0.2, -0.15) is 5.10 Å². The SMILES string of the molecule is COC(=O)c1c(C)nn2c3c(cnc12)C(=O)CCC3. The maximum Gasteiger partial charge on any atom is 0.343 e. The summed E-state index contributed by atoms with van der Waals surface area (Å²) in [5, 5.41) is 4.33. The van der Waals surface area contributed by atoms with Crippen LogP contribution in [0.4, 0.5) is 0 Å². The summed E-state index contributed by atoms with van der Waals surface area (Å²) in [6.07, 6.45) is 3.66. The predicted molar refractivity (Wildman–Crippen MR) is 66.3 cm³/mol. The summed E-state index contributed by atoms with van der Waals surface area (Å²) in [5.74, 6) is -0.370. The number of hydrogen-bond acceptors (Lipinski definition) is 5. The molecule has 0 aliphatic heterocycles. The van der Waals surface area contributed by atoms with Crippen LogP contribution in [0.25, 0.3) is 5.65 Å². The van der Waals surface area contributed by atoms with Crippen molar-refractivity contribution >= 4 is 17.4 Å². The number of esters is 1. The van der Waals surface area contributed by atoms with Crippen LogP contribution in [0.3, 0.4) is 0 Å². The zero-order chi connectivity index (χ0) is 13.6. The summed E-state index contributed by atoms with van der Waals surface area (Å²) < 4.78 is 6.35. The lowest BCUT2D eigenvalue weighted by atomic mass is 9.96. The predicted octanol–water partition coefficient (Wildman–Crippen LogP) is 1.34. The molecule has 0 fully saturated rings. The van der Waals surface area contributed by atoms with Crippen molar-refractivity contribution < 1.29 is 14.3 Å². The molecule has 19 heavy (non-hydrogen) atoms. The molecule has 0 bridgehead atoms. The van der Waals surface area contributed by atoms with Gasteiger partial charge < -0.3 is 4.74 Å². The fourth-order valence-corrected chi connectivity index (χ4v) is 2.50. The summed E-state index contributed by atoms with van der Waals surface area (Å²) in [6, 6.07) is 0. The van der Waals surface area contributed by atoms with Crippen molar-refractivity contribution in [1.29, 1.82) is 0 Å². The van der Waals surface area contributed by atoms with Gasteiger partial charge in [-0.3, -0.25) is 4.79 Å². The van der Waals surface area contributed by atoms with Crippen LogP contribution in [-0.2, 0) is 11.2 Å². The van der Waals surface area contributed by atoms with E-state index in [4.69, 9.17) is 4.74 Å². The number of aromatic nitrogens is 3. The molecule has 0 saturated heterocycles. The molecule has 1 aliphatic rings. The molecule has 3 rings (SSSR count). The number of carbonyl (C=O) groups is 2. The van der Waals surface area contributed by atoms with E-state index in [1.165, 1.54) is 7.11 Å². The number of nitrogens with zero attached hydrogens (tertiary/aromatic N) is 3. The van der Waals surface area contributed by atoms with Crippen molar-refractivity contribution in [3.63, 3.8) is 0 Å². The van der Waals surface area contributed by atoms with Crippen LogP contribution in [0.5, 0.6) is 0 Å². The van der Waals surface area contributed by atoms with Crippen LogP contribution in [0.15, 0.2) is 6.20 Å².